The molecule has 106 valence electrons. The number of nitrogens with two attached hydrogens (primary N) is 1. The maximum atomic E-state index is 12.2. The number of benzene rings is 1. The Balaban J connectivity index is 2.82. The van der Waals surface area contributed by atoms with Crippen molar-refractivity contribution < 1.29 is 14.3 Å². The van der Waals surface area contributed by atoms with E-state index in [9.17, 15) is 4.79 Å². The molecule has 5 heteroatoms. The van der Waals surface area contributed by atoms with Crippen molar-refractivity contribution in [2.75, 3.05) is 26.6 Å². The molecule has 0 aliphatic heterocycles. The summed E-state index contributed by atoms with van der Waals surface area (Å²) in [4.78, 5) is 12.2. The predicted molar refractivity (Wildman–Crippen MR) is 75.4 cm³/mol. The van der Waals surface area contributed by atoms with E-state index in [1.165, 1.54) is 0 Å². The number of amides is 1. The van der Waals surface area contributed by atoms with Crippen molar-refractivity contribution in [1.82, 2.24) is 5.32 Å². The van der Waals surface area contributed by atoms with Crippen LogP contribution in [0, 0.1) is 5.92 Å². The molecule has 3 N–H and O–H groups in total. The molecule has 1 aromatic rings. The molecule has 1 amide bonds. The summed E-state index contributed by atoms with van der Waals surface area (Å²) in [7, 11) is 3.17. The van der Waals surface area contributed by atoms with Gasteiger partial charge in [-0.05, 0) is 18.1 Å². The lowest BCUT2D eigenvalue weighted by molar-refractivity contribution is 0.0867. The Morgan fingerprint density at radius 2 is 2.05 bits per heavy atom. The minimum Gasteiger partial charge on any atom is -0.497 e. The number of hydrogen-bond acceptors (Lipinski definition) is 4. The maximum absolute atomic E-state index is 12.2. The smallest absolute Gasteiger partial charge is 0.253 e. The van der Waals surface area contributed by atoms with E-state index in [1.54, 1.807) is 32.4 Å². The third kappa shape index (κ3) is 4.13. The first-order valence-corrected chi connectivity index (χ1v) is 6.23. The second kappa shape index (κ2) is 6.99. The highest BCUT2D eigenvalue weighted by Crippen LogP contribution is 2.19. The van der Waals surface area contributed by atoms with Crippen LogP contribution >= 0.6 is 0 Å². The molecule has 1 unspecified atom stereocenters. The Hall–Kier alpha value is -1.75. The molecule has 0 aromatic heterocycles. The number of carbonyl (C=O) groups is 1. The molecule has 0 saturated carbocycles. The molecule has 0 heterocycles. The quantitative estimate of drug-likeness (QED) is 0.768. The van der Waals surface area contributed by atoms with Crippen LogP contribution in [0.15, 0.2) is 18.2 Å². The van der Waals surface area contributed by atoms with Gasteiger partial charge < -0.3 is 20.5 Å². The molecule has 19 heavy (non-hydrogen) atoms. The van der Waals surface area contributed by atoms with Crippen LogP contribution in [0.25, 0.3) is 0 Å². The van der Waals surface area contributed by atoms with Crippen LogP contribution in [0.4, 0.5) is 5.69 Å². The summed E-state index contributed by atoms with van der Waals surface area (Å²) < 4.78 is 10.2. The molecule has 1 rings (SSSR count). The van der Waals surface area contributed by atoms with Crippen molar-refractivity contribution in [3.05, 3.63) is 23.8 Å². The first kappa shape index (κ1) is 15.3. The zero-order chi connectivity index (χ0) is 14.4. The highest BCUT2D eigenvalue weighted by Gasteiger charge is 2.18. The van der Waals surface area contributed by atoms with E-state index >= 15 is 0 Å². The van der Waals surface area contributed by atoms with Crippen LogP contribution < -0.4 is 15.8 Å². The number of nitrogens with one attached hydrogen (secondary N) is 1. The molecule has 0 radical (unpaired) electrons. The molecule has 0 bridgehead atoms. The van der Waals surface area contributed by atoms with Gasteiger partial charge in [-0.25, -0.2) is 0 Å². The SMILES string of the molecule is COCC(NC(=O)c1ccc(OC)cc1N)C(C)C. The minimum absolute atomic E-state index is 0.0426. The largest absolute Gasteiger partial charge is 0.497 e. The van der Waals surface area contributed by atoms with Gasteiger partial charge in [0, 0.05) is 18.9 Å². The van der Waals surface area contributed by atoms with Crippen molar-refractivity contribution in [2.45, 2.75) is 19.9 Å². The average Bonchev–Trinajstić information content (AvgIpc) is 2.37. The molecule has 5 nitrogen and oxygen atoms in total. The molecular weight excluding hydrogens is 244 g/mol. The van der Waals surface area contributed by atoms with Gasteiger partial charge in [0.1, 0.15) is 5.75 Å². The monoisotopic (exact) mass is 266 g/mol. The third-order valence-corrected chi connectivity index (χ3v) is 2.97. The Labute approximate surface area is 114 Å². The van der Waals surface area contributed by atoms with Gasteiger partial charge in [-0.2, -0.15) is 0 Å². The highest BCUT2D eigenvalue weighted by atomic mass is 16.5. The summed E-state index contributed by atoms with van der Waals surface area (Å²) in [6.45, 7) is 4.53. The zero-order valence-electron chi connectivity index (χ0n) is 11.9. The number of methoxy groups -OCH3 is 2. The summed E-state index contributed by atoms with van der Waals surface area (Å²) in [6.07, 6.45) is 0. The Morgan fingerprint density at radius 3 is 2.53 bits per heavy atom. The Bertz CT molecular complexity index is 433. The van der Waals surface area contributed by atoms with Gasteiger partial charge in [0.05, 0.1) is 25.3 Å². The molecule has 1 aromatic carbocycles. The normalized spacial score (nSPS) is 12.3. The van der Waals surface area contributed by atoms with Crippen molar-refractivity contribution >= 4 is 11.6 Å². The standard InChI is InChI=1S/C14H22N2O3/c1-9(2)13(8-18-3)16-14(17)11-6-5-10(19-4)7-12(11)15/h5-7,9,13H,8,15H2,1-4H3,(H,16,17). The highest BCUT2D eigenvalue weighted by molar-refractivity contribution is 5.99. The van der Waals surface area contributed by atoms with E-state index in [-0.39, 0.29) is 17.9 Å². The van der Waals surface area contributed by atoms with Gasteiger partial charge >= 0.3 is 0 Å². The van der Waals surface area contributed by atoms with Gasteiger partial charge in [-0.15, -0.1) is 0 Å². The number of nitrogen functional groups attached to an aromatic ring is 1. The Kier molecular flexibility index (Phi) is 5.63. The lowest BCUT2D eigenvalue weighted by Gasteiger charge is -2.22. The molecule has 0 fully saturated rings. The predicted octanol–water partition coefficient (Wildman–Crippen LogP) is 1.68. The van der Waals surface area contributed by atoms with E-state index in [1.807, 2.05) is 13.8 Å². The van der Waals surface area contributed by atoms with E-state index in [2.05, 4.69) is 5.32 Å². The minimum atomic E-state index is -0.198. The average molecular weight is 266 g/mol. The number of ether oxygens (including phenoxy) is 2. The van der Waals surface area contributed by atoms with Crippen LogP contribution in [0.1, 0.15) is 24.2 Å². The van der Waals surface area contributed by atoms with E-state index in [0.717, 1.165) is 0 Å². The van der Waals surface area contributed by atoms with Crippen LogP contribution in [-0.2, 0) is 4.74 Å². The van der Waals surface area contributed by atoms with Gasteiger partial charge in [-0.3, -0.25) is 4.79 Å². The number of hydrogen-bond donors (Lipinski definition) is 2. The zero-order valence-corrected chi connectivity index (χ0v) is 11.9. The molecule has 0 saturated heterocycles. The fourth-order valence-corrected chi connectivity index (χ4v) is 1.70. The first-order valence-electron chi connectivity index (χ1n) is 6.23. The number of anilines is 1. The van der Waals surface area contributed by atoms with Crippen molar-refractivity contribution in [3.63, 3.8) is 0 Å². The van der Waals surface area contributed by atoms with Crippen LogP contribution in [-0.4, -0.2) is 32.8 Å². The topological polar surface area (TPSA) is 73.6 Å². The summed E-state index contributed by atoms with van der Waals surface area (Å²) in [5.74, 6) is 0.714. The first-order chi connectivity index (χ1) is 8.99. The van der Waals surface area contributed by atoms with Gasteiger partial charge in [0.2, 0.25) is 0 Å². The third-order valence-electron chi connectivity index (χ3n) is 2.97. The molecule has 1 atom stereocenters. The summed E-state index contributed by atoms with van der Waals surface area (Å²) in [6, 6.07) is 4.97. The van der Waals surface area contributed by atoms with Crippen molar-refractivity contribution in [3.8, 4) is 5.75 Å². The van der Waals surface area contributed by atoms with Crippen LogP contribution in [0.3, 0.4) is 0 Å². The van der Waals surface area contributed by atoms with Crippen molar-refractivity contribution in [1.29, 1.82) is 0 Å². The van der Waals surface area contributed by atoms with Crippen LogP contribution in [0.5, 0.6) is 5.75 Å². The lowest BCUT2D eigenvalue weighted by Crippen LogP contribution is -2.41. The van der Waals surface area contributed by atoms with Crippen LogP contribution in [0.2, 0.25) is 0 Å². The fourth-order valence-electron chi connectivity index (χ4n) is 1.70. The van der Waals surface area contributed by atoms with Gasteiger partial charge in [0.25, 0.3) is 5.91 Å². The van der Waals surface area contributed by atoms with E-state index < -0.39 is 0 Å². The molecular formula is C14H22N2O3. The number of rotatable bonds is 6. The summed E-state index contributed by atoms with van der Waals surface area (Å²) in [5.41, 5.74) is 6.70. The molecule has 0 aliphatic carbocycles. The van der Waals surface area contributed by atoms with Crippen molar-refractivity contribution in [2.24, 2.45) is 5.92 Å². The fraction of sp³-hybridized carbons (Fsp3) is 0.500. The Morgan fingerprint density at radius 1 is 1.37 bits per heavy atom. The second-order valence-corrected chi connectivity index (χ2v) is 4.73. The number of carbonyl (C=O) groups excluding carboxylic acids is 1. The van der Waals surface area contributed by atoms with Gasteiger partial charge in [-0.1, -0.05) is 13.8 Å². The summed E-state index contributed by atoms with van der Waals surface area (Å²) in [5, 5.41) is 2.93. The lowest BCUT2D eigenvalue weighted by atomic mass is 10.0. The van der Waals surface area contributed by atoms with E-state index in [4.69, 9.17) is 15.2 Å². The molecule has 0 spiro atoms. The van der Waals surface area contributed by atoms with E-state index in [0.29, 0.717) is 23.6 Å². The summed E-state index contributed by atoms with van der Waals surface area (Å²) >= 11 is 0. The molecule has 0 aliphatic rings. The maximum Gasteiger partial charge on any atom is 0.253 e. The second-order valence-electron chi connectivity index (χ2n) is 4.73. The van der Waals surface area contributed by atoms with Gasteiger partial charge in [0.15, 0.2) is 0 Å².